The van der Waals surface area contributed by atoms with E-state index in [1.165, 1.54) is 12.1 Å². The van der Waals surface area contributed by atoms with Gasteiger partial charge in [0.2, 0.25) is 0 Å². The molecule has 2 aromatic rings. The highest BCUT2D eigenvalue weighted by atomic mass is 19.4. The highest BCUT2D eigenvalue weighted by molar-refractivity contribution is 5.29. The van der Waals surface area contributed by atoms with Crippen molar-refractivity contribution < 1.29 is 18.3 Å². The molecule has 1 N–H and O–H groups in total. The van der Waals surface area contributed by atoms with E-state index in [0.717, 1.165) is 12.5 Å². The maximum atomic E-state index is 13.2. The van der Waals surface area contributed by atoms with Gasteiger partial charge in [-0.05, 0) is 31.0 Å². The minimum Gasteiger partial charge on any atom is -0.388 e. The number of aromatic nitrogens is 3. The van der Waals surface area contributed by atoms with Crippen LogP contribution in [0, 0.1) is 0 Å². The number of halogens is 3. The summed E-state index contributed by atoms with van der Waals surface area (Å²) >= 11 is 0. The van der Waals surface area contributed by atoms with Crippen LogP contribution in [0.2, 0.25) is 0 Å². The molecule has 1 unspecified atom stereocenters. The summed E-state index contributed by atoms with van der Waals surface area (Å²) < 4.78 is 41.2. The molecule has 5 nitrogen and oxygen atoms in total. The number of nitrogens with zero attached hydrogens (tertiary/aromatic N) is 4. The first-order valence-electron chi connectivity index (χ1n) is 8.20. The number of alkyl halides is 3. The first-order valence-corrected chi connectivity index (χ1v) is 8.20. The summed E-state index contributed by atoms with van der Waals surface area (Å²) in [5.74, 6) is 0.667. The molecule has 136 valence electrons. The average molecular weight is 354 g/mol. The lowest BCUT2D eigenvalue weighted by Gasteiger charge is -2.39. The van der Waals surface area contributed by atoms with Crippen molar-refractivity contribution in [2.75, 3.05) is 13.1 Å². The molecule has 0 saturated carbocycles. The third kappa shape index (κ3) is 4.19. The largest absolute Gasteiger partial charge is 0.416 e. The van der Waals surface area contributed by atoms with Gasteiger partial charge in [0.25, 0.3) is 0 Å². The van der Waals surface area contributed by atoms with Gasteiger partial charge in [-0.15, -0.1) is 10.2 Å². The second-order valence-corrected chi connectivity index (χ2v) is 6.73. The summed E-state index contributed by atoms with van der Waals surface area (Å²) in [4.78, 5) is 1.88. The summed E-state index contributed by atoms with van der Waals surface area (Å²) in [6.07, 6.45) is -1.15. The Morgan fingerprint density at radius 3 is 2.72 bits per heavy atom. The summed E-state index contributed by atoms with van der Waals surface area (Å²) in [6, 6.07) is 5.61. The third-order valence-corrected chi connectivity index (χ3v) is 4.64. The van der Waals surface area contributed by atoms with Gasteiger partial charge in [-0.1, -0.05) is 18.2 Å². The van der Waals surface area contributed by atoms with Gasteiger partial charge in [-0.2, -0.15) is 13.2 Å². The van der Waals surface area contributed by atoms with E-state index >= 15 is 0 Å². The number of aryl methyl sites for hydroxylation is 1. The molecule has 1 atom stereocenters. The molecule has 2 heterocycles. The molecule has 25 heavy (non-hydrogen) atoms. The molecular weight excluding hydrogens is 333 g/mol. The molecule has 8 heteroatoms. The van der Waals surface area contributed by atoms with Crippen molar-refractivity contribution in [1.29, 1.82) is 0 Å². The predicted molar refractivity (Wildman–Crippen MR) is 85.6 cm³/mol. The molecule has 1 saturated heterocycles. The molecule has 0 aliphatic carbocycles. The van der Waals surface area contributed by atoms with Crippen LogP contribution in [0.3, 0.4) is 0 Å². The van der Waals surface area contributed by atoms with Crippen molar-refractivity contribution in [1.82, 2.24) is 19.7 Å². The lowest BCUT2D eigenvalue weighted by Crippen LogP contribution is -2.49. The SMILES string of the molecule is Cn1cnnc1CC1(O)CCCN(Cc2ccccc2C(F)(F)F)C1. The van der Waals surface area contributed by atoms with E-state index in [1.54, 1.807) is 24.0 Å². The number of aliphatic hydroxyl groups is 1. The molecule has 0 radical (unpaired) electrons. The molecule has 1 aromatic carbocycles. The minimum atomic E-state index is -4.37. The van der Waals surface area contributed by atoms with Crippen LogP contribution in [-0.2, 0) is 26.2 Å². The number of piperidine rings is 1. The lowest BCUT2D eigenvalue weighted by atomic mass is 9.89. The van der Waals surface area contributed by atoms with Crippen LogP contribution in [0.5, 0.6) is 0 Å². The second-order valence-electron chi connectivity index (χ2n) is 6.73. The maximum absolute atomic E-state index is 13.2. The zero-order valence-electron chi connectivity index (χ0n) is 14.0. The van der Waals surface area contributed by atoms with Gasteiger partial charge in [-0.3, -0.25) is 4.90 Å². The smallest absolute Gasteiger partial charge is 0.388 e. The number of benzene rings is 1. The van der Waals surface area contributed by atoms with Crippen LogP contribution < -0.4 is 0 Å². The number of hydrogen-bond donors (Lipinski definition) is 1. The van der Waals surface area contributed by atoms with E-state index < -0.39 is 17.3 Å². The van der Waals surface area contributed by atoms with Crippen LogP contribution >= 0.6 is 0 Å². The van der Waals surface area contributed by atoms with Crippen molar-refractivity contribution in [2.45, 2.75) is 37.6 Å². The Bertz CT molecular complexity index is 731. The van der Waals surface area contributed by atoms with Gasteiger partial charge in [-0.25, -0.2) is 0 Å². The standard InChI is InChI=1S/C17H21F3N4O/c1-23-12-21-22-15(23)9-16(25)7-4-8-24(11-16)10-13-5-2-3-6-14(13)17(18,19)20/h2-3,5-6,12,25H,4,7-11H2,1H3. The van der Waals surface area contributed by atoms with Crippen LogP contribution in [0.4, 0.5) is 13.2 Å². The summed E-state index contributed by atoms with van der Waals surface area (Å²) in [6.45, 7) is 1.14. The Balaban J connectivity index is 1.73. The number of β-amino-alcohol motifs (C(OH)–C–C–N with tert-alkyl or cyclic N) is 1. The average Bonchev–Trinajstić information content (AvgIpc) is 2.91. The van der Waals surface area contributed by atoms with Gasteiger partial charge >= 0.3 is 6.18 Å². The molecule has 0 bridgehead atoms. The van der Waals surface area contributed by atoms with E-state index in [9.17, 15) is 18.3 Å². The zero-order valence-corrected chi connectivity index (χ0v) is 14.0. The Morgan fingerprint density at radius 2 is 2.04 bits per heavy atom. The lowest BCUT2D eigenvalue weighted by molar-refractivity contribution is -0.138. The van der Waals surface area contributed by atoms with Crippen LogP contribution in [0.25, 0.3) is 0 Å². The van der Waals surface area contributed by atoms with Crippen LogP contribution in [0.15, 0.2) is 30.6 Å². The fourth-order valence-electron chi connectivity index (χ4n) is 3.42. The minimum absolute atomic E-state index is 0.164. The van der Waals surface area contributed by atoms with Gasteiger partial charge in [0.05, 0.1) is 11.2 Å². The monoisotopic (exact) mass is 354 g/mol. The summed E-state index contributed by atoms with van der Waals surface area (Å²) in [5, 5.41) is 18.7. The molecular formula is C17H21F3N4O. The summed E-state index contributed by atoms with van der Waals surface area (Å²) in [7, 11) is 1.80. The summed E-state index contributed by atoms with van der Waals surface area (Å²) in [5.41, 5.74) is -1.39. The predicted octanol–water partition coefficient (Wildman–Crippen LogP) is 2.40. The first kappa shape index (κ1) is 17.9. The Kier molecular flexibility index (Phi) is 4.83. The molecule has 1 aliphatic rings. The second kappa shape index (κ2) is 6.76. The highest BCUT2D eigenvalue weighted by Gasteiger charge is 2.37. The first-order chi connectivity index (χ1) is 11.8. The number of likely N-dealkylation sites (tertiary alicyclic amines) is 1. The highest BCUT2D eigenvalue weighted by Crippen LogP contribution is 2.33. The van der Waals surface area contributed by atoms with Gasteiger partial charge in [0.1, 0.15) is 12.2 Å². The van der Waals surface area contributed by atoms with Crippen LogP contribution in [0.1, 0.15) is 29.8 Å². The molecule has 1 aromatic heterocycles. The van der Waals surface area contributed by atoms with Crippen molar-refractivity contribution in [3.8, 4) is 0 Å². The Labute approximate surface area is 144 Å². The fourth-order valence-corrected chi connectivity index (χ4v) is 3.42. The number of hydrogen-bond acceptors (Lipinski definition) is 4. The molecule has 3 rings (SSSR count). The molecule has 0 amide bonds. The van der Waals surface area contributed by atoms with E-state index in [4.69, 9.17) is 0 Å². The van der Waals surface area contributed by atoms with Crippen LogP contribution in [-0.4, -0.2) is 43.5 Å². The zero-order chi connectivity index (χ0) is 18.1. The molecule has 1 fully saturated rings. The van der Waals surface area contributed by atoms with E-state index in [-0.39, 0.29) is 12.1 Å². The van der Waals surface area contributed by atoms with Crippen molar-refractivity contribution >= 4 is 0 Å². The van der Waals surface area contributed by atoms with E-state index in [2.05, 4.69) is 10.2 Å². The molecule has 1 aliphatic heterocycles. The van der Waals surface area contributed by atoms with E-state index in [1.807, 2.05) is 4.90 Å². The van der Waals surface area contributed by atoms with Gasteiger partial charge in [0.15, 0.2) is 0 Å². The number of rotatable bonds is 4. The van der Waals surface area contributed by atoms with Crippen molar-refractivity contribution in [3.05, 3.63) is 47.5 Å². The maximum Gasteiger partial charge on any atom is 0.416 e. The van der Waals surface area contributed by atoms with Crippen molar-refractivity contribution in [2.24, 2.45) is 7.05 Å². The Morgan fingerprint density at radius 1 is 1.28 bits per heavy atom. The quantitative estimate of drug-likeness (QED) is 0.916. The third-order valence-electron chi connectivity index (χ3n) is 4.64. The topological polar surface area (TPSA) is 54.2 Å². The Hall–Kier alpha value is -1.93. The normalized spacial score (nSPS) is 22.3. The molecule has 0 spiro atoms. The van der Waals surface area contributed by atoms with Crippen molar-refractivity contribution in [3.63, 3.8) is 0 Å². The van der Waals surface area contributed by atoms with Gasteiger partial charge in [0, 0.05) is 26.6 Å². The van der Waals surface area contributed by atoms with E-state index in [0.29, 0.717) is 31.8 Å². The fraction of sp³-hybridized carbons (Fsp3) is 0.529. The van der Waals surface area contributed by atoms with Gasteiger partial charge < -0.3 is 9.67 Å².